The molecule has 2 aromatic rings. The zero-order chi connectivity index (χ0) is 20.3. The fourth-order valence-electron chi connectivity index (χ4n) is 3.65. The molecule has 0 saturated carbocycles. The number of anilines is 1. The van der Waals surface area contributed by atoms with Crippen LogP contribution in [0, 0.1) is 13.8 Å². The van der Waals surface area contributed by atoms with E-state index >= 15 is 0 Å². The molecule has 1 aliphatic rings. The Morgan fingerprint density at radius 3 is 2.86 bits per heavy atom. The number of carbonyl (C=O) groups is 1. The summed E-state index contributed by atoms with van der Waals surface area (Å²) in [5.41, 5.74) is 2.57. The van der Waals surface area contributed by atoms with E-state index in [9.17, 15) is 4.79 Å². The van der Waals surface area contributed by atoms with Crippen LogP contribution in [0.15, 0.2) is 18.2 Å². The van der Waals surface area contributed by atoms with Crippen LogP contribution >= 0.6 is 0 Å². The van der Waals surface area contributed by atoms with Crippen molar-refractivity contribution in [1.82, 2.24) is 30.0 Å². The second-order valence-corrected chi connectivity index (χ2v) is 7.56. The van der Waals surface area contributed by atoms with Crippen molar-refractivity contribution in [3.05, 3.63) is 35.2 Å². The van der Waals surface area contributed by atoms with Crippen molar-refractivity contribution in [2.24, 2.45) is 0 Å². The zero-order valence-electron chi connectivity index (χ0n) is 17.3. The topological polar surface area (TPSA) is 88.4 Å². The number of likely N-dealkylation sites (tertiary alicyclic amines) is 1. The molecule has 1 fully saturated rings. The summed E-state index contributed by atoms with van der Waals surface area (Å²) >= 11 is 0. The van der Waals surface area contributed by atoms with Gasteiger partial charge >= 0.3 is 6.03 Å². The van der Waals surface area contributed by atoms with E-state index in [1.54, 1.807) is 11.8 Å². The van der Waals surface area contributed by atoms with Gasteiger partial charge in [-0.1, -0.05) is 12.1 Å². The van der Waals surface area contributed by atoms with E-state index in [4.69, 9.17) is 4.74 Å². The van der Waals surface area contributed by atoms with Gasteiger partial charge in [0.05, 0.1) is 13.2 Å². The van der Waals surface area contributed by atoms with Crippen LogP contribution in [0.5, 0.6) is 0 Å². The Labute approximate surface area is 165 Å². The van der Waals surface area contributed by atoms with E-state index < -0.39 is 5.54 Å². The number of aryl methyl sites for hydroxylation is 2. The van der Waals surface area contributed by atoms with E-state index in [2.05, 4.69) is 25.7 Å². The summed E-state index contributed by atoms with van der Waals surface area (Å²) in [6.07, 6.45) is 0.758. The number of benzene rings is 1. The molecule has 1 aromatic carbocycles. The van der Waals surface area contributed by atoms with Crippen molar-refractivity contribution < 1.29 is 9.53 Å². The van der Waals surface area contributed by atoms with Crippen molar-refractivity contribution in [3.8, 4) is 0 Å². The molecule has 0 aliphatic carbocycles. The first-order chi connectivity index (χ1) is 13.4. The first-order valence-corrected chi connectivity index (χ1v) is 9.43. The average molecular weight is 387 g/mol. The number of nitrogens with one attached hydrogen (secondary N) is 1. The number of tetrazole rings is 1. The molecule has 1 unspecified atom stereocenters. The third kappa shape index (κ3) is 3.85. The highest BCUT2D eigenvalue weighted by Crippen LogP contribution is 2.35. The number of carbonyl (C=O) groups excluding carboxylic acids is 1. The van der Waals surface area contributed by atoms with Gasteiger partial charge in [-0.3, -0.25) is 4.90 Å². The Kier molecular flexibility index (Phi) is 5.95. The number of nitrogens with zero attached hydrogens (tertiary/aromatic N) is 6. The Morgan fingerprint density at radius 1 is 1.36 bits per heavy atom. The minimum atomic E-state index is -0.434. The molecule has 0 radical (unpaired) electrons. The molecule has 3 rings (SSSR count). The van der Waals surface area contributed by atoms with E-state index in [1.807, 2.05) is 51.0 Å². The molecule has 2 heterocycles. The fourth-order valence-corrected chi connectivity index (χ4v) is 3.65. The lowest BCUT2D eigenvalue weighted by atomic mass is 9.96. The molecule has 152 valence electrons. The fraction of sp³-hybridized carbons (Fsp3) is 0.579. The highest BCUT2D eigenvalue weighted by molar-refractivity contribution is 5.90. The van der Waals surface area contributed by atoms with Crippen LogP contribution in [0.3, 0.4) is 0 Å². The van der Waals surface area contributed by atoms with Gasteiger partial charge in [0.25, 0.3) is 0 Å². The summed E-state index contributed by atoms with van der Waals surface area (Å²) in [7, 11) is 5.66. The molecule has 1 aromatic heterocycles. The third-order valence-electron chi connectivity index (χ3n) is 5.48. The molecule has 1 saturated heterocycles. The molecule has 9 nitrogen and oxygen atoms in total. The normalized spacial score (nSPS) is 19.4. The van der Waals surface area contributed by atoms with Gasteiger partial charge < -0.3 is 15.0 Å². The minimum Gasteiger partial charge on any atom is -0.383 e. The number of likely N-dealkylation sites (N-methyl/N-ethyl adjacent to an activating group) is 1. The summed E-state index contributed by atoms with van der Waals surface area (Å²) in [6.45, 7) is 6.26. The smallest absolute Gasteiger partial charge is 0.321 e. The zero-order valence-corrected chi connectivity index (χ0v) is 17.3. The molecular weight excluding hydrogens is 358 g/mol. The first kappa shape index (κ1) is 20.2. The average Bonchev–Trinajstić information content (AvgIpc) is 3.30. The first-order valence-electron chi connectivity index (χ1n) is 9.43. The van der Waals surface area contributed by atoms with Crippen molar-refractivity contribution >= 4 is 11.7 Å². The summed E-state index contributed by atoms with van der Waals surface area (Å²) in [5, 5.41) is 15.3. The van der Waals surface area contributed by atoms with Crippen molar-refractivity contribution in [2.45, 2.75) is 32.4 Å². The molecule has 28 heavy (non-hydrogen) atoms. The van der Waals surface area contributed by atoms with E-state index in [0.717, 1.165) is 29.1 Å². The van der Waals surface area contributed by atoms with E-state index in [1.165, 1.54) is 0 Å². The molecule has 1 N–H and O–H groups in total. The van der Waals surface area contributed by atoms with Crippen LogP contribution in [-0.4, -0.2) is 76.9 Å². The number of methoxy groups -OCH3 is 1. The lowest BCUT2D eigenvalue weighted by Gasteiger charge is -2.34. The molecule has 1 aliphatic heterocycles. The largest absolute Gasteiger partial charge is 0.383 e. The predicted octanol–water partition coefficient (Wildman–Crippen LogP) is 1.63. The molecule has 0 spiro atoms. The highest BCUT2D eigenvalue weighted by Gasteiger charge is 2.47. The SMILES string of the molecule is COCCn1nnnc1C1(N(C)C)CCN(C(=O)Nc2cc(C)ccc2C)C1. The number of amides is 2. The summed E-state index contributed by atoms with van der Waals surface area (Å²) < 4.78 is 6.94. The van der Waals surface area contributed by atoms with Gasteiger partial charge in [-0.2, -0.15) is 0 Å². The maximum absolute atomic E-state index is 12.9. The van der Waals surface area contributed by atoms with Gasteiger partial charge in [-0.15, -0.1) is 5.10 Å². The Hall–Kier alpha value is -2.52. The minimum absolute atomic E-state index is 0.103. The quantitative estimate of drug-likeness (QED) is 0.811. The Morgan fingerprint density at radius 2 is 2.14 bits per heavy atom. The van der Waals surface area contributed by atoms with Crippen molar-refractivity contribution in [2.75, 3.05) is 46.2 Å². The summed E-state index contributed by atoms with van der Waals surface area (Å²) in [6, 6.07) is 5.95. The summed E-state index contributed by atoms with van der Waals surface area (Å²) in [4.78, 5) is 16.9. The van der Waals surface area contributed by atoms with E-state index in [-0.39, 0.29) is 6.03 Å². The second kappa shape index (κ2) is 8.24. The van der Waals surface area contributed by atoms with Crippen LogP contribution in [0.4, 0.5) is 10.5 Å². The number of ether oxygens (including phenoxy) is 1. The van der Waals surface area contributed by atoms with Gasteiger partial charge in [0, 0.05) is 25.9 Å². The van der Waals surface area contributed by atoms with Gasteiger partial charge in [0.1, 0.15) is 5.54 Å². The lowest BCUT2D eigenvalue weighted by Crippen LogP contribution is -2.47. The van der Waals surface area contributed by atoms with Crippen molar-refractivity contribution in [1.29, 1.82) is 0 Å². The molecule has 9 heteroatoms. The molecule has 0 bridgehead atoms. The molecule has 1 atom stereocenters. The number of aromatic nitrogens is 4. The maximum atomic E-state index is 12.9. The molecule has 2 amide bonds. The van der Waals surface area contributed by atoms with Gasteiger partial charge in [0.2, 0.25) is 0 Å². The van der Waals surface area contributed by atoms with Gasteiger partial charge in [-0.25, -0.2) is 9.48 Å². The van der Waals surface area contributed by atoms with Crippen LogP contribution in [0.25, 0.3) is 0 Å². The Bertz CT molecular complexity index is 835. The van der Waals surface area contributed by atoms with Crippen LogP contribution in [0.1, 0.15) is 23.4 Å². The monoisotopic (exact) mass is 387 g/mol. The van der Waals surface area contributed by atoms with Crippen LogP contribution in [-0.2, 0) is 16.8 Å². The number of urea groups is 1. The number of hydrogen-bond donors (Lipinski definition) is 1. The van der Waals surface area contributed by atoms with Gasteiger partial charge in [-0.05, 0) is 62.0 Å². The number of rotatable bonds is 6. The van der Waals surface area contributed by atoms with Crippen molar-refractivity contribution in [3.63, 3.8) is 0 Å². The predicted molar refractivity (Wildman–Crippen MR) is 106 cm³/mol. The molecular formula is C19H29N7O2. The second-order valence-electron chi connectivity index (χ2n) is 7.56. The highest BCUT2D eigenvalue weighted by atomic mass is 16.5. The maximum Gasteiger partial charge on any atom is 0.321 e. The van der Waals surface area contributed by atoms with Crippen LogP contribution in [0.2, 0.25) is 0 Å². The lowest BCUT2D eigenvalue weighted by molar-refractivity contribution is 0.132. The third-order valence-corrected chi connectivity index (χ3v) is 5.48. The summed E-state index contributed by atoms with van der Waals surface area (Å²) in [5.74, 6) is 0.761. The Balaban J connectivity index is 1.79. The standard InChI is InChI=1S/C19H29N7O2/c1-14-6-7-15(2)16(12-14)20-18(27)25-9-8-19(13-25,24(3)4)17-21-22-23-26(17)10-11-28-5/h6-7,12H,8-11,13H2,1-5H3,(H,20,27). The van der Waals surface area contributed by atoms with E-state index in [0.29, 0.717) is 26.2 Å². The van der Waals surface area contributed by atoms with Gasteiger partial charge in [0.15, 0.2) is 5.82 Å². The van der Waals surface area contributed by atoms with Crippen LogP contribution < -0.4 is 5.32 Å². The number of hydrogen-bond acceptors (Lipinski definition) is 6.